The van der Waals surface area contributed by atoms with Crippen molar-refractivity contribution < 1.29 is 0 Å². The summed E-state index contributed by atoms with van der Waals surface area (Å²) in [5.41, 5.74) is 7.99. The van der Waals surface area contributed by atoms with Crippen molar-refractivity contribution in [2.75, 3.05) is 7.05 Å². The minimum Gasteiger partial charge on any atom is -0.383 e. The molecule has 72 valence electrons. The Bertz CT molecular complexity index is 494. The van der Waals surface area contributed by atoms with Crippen molar-refractivity contribution in [2.24, 2.45) is 17.8 Å². The third-order valence-electron chi connectivity index (χ3n) is 2.44. The van der Waals surface area contributed by atoms with Crippen LogP contribution in [0, 0.1) is 0 Å². The van der Waals surface area contributed by atoms with E-state index in [1.807, 2.05) is 25.4 Å². The van der Waals surface area contributed by atoms with E-state index in [1.165, 1.54) is 5.52 Å². The van der Waals surface area contributed by atoms with Crippen LogP contribution in [-0.4, -0.2) is 17.5 Å². The summed E-state index contributed by atoms with van der Waals surface area (Å²) in [5.74, 6) is 0.585. The minimum atomic E-state index is 0.585. The minimum absolute atomic E-state index is 0.585. The first-order chi connectivity index (χ1) is 6.74. The Kier molecular flexibility index (Phi) is 2.00. The zero-order chi connectivity index (χ0) is 10.1. The lowest BCUT2D eigenvalue weighted by atomic mass is 10.1. The van der Waals surface area contributed by atoms with E-state index in [9.17, 15) is 0 Å². The topological polar surface area (TPSA) is 43.3 Å². The highest BCUT2D eigenvalue weighted by molar-refractivity contribution is 6.08. The number of hydrogen-bond donors (Lipinski definition) is 1. The molecule has 0 amide bonds. The molecule has 2 aromatic rings. The van der Waals surface area contributed by atoms with Crippen LogP contribution < -0.4 is 5.73 Å². The van der Waals surface area contributed by atoms with Crippen molar-refractivity contribution in [1.82, 2.24) is 4.57 Å². The Labute approximate surface area is 82.9 Å². The van der Waals surface area contributed by atoms with Crippen LogP contribution in [0.15, 0.2) is 35.5 Å². The Morgan fingerprint density at radius 2 is 2.14 bits per heavy atom. The summed E-state index contributed by atoms with van der Waals surface area (Å²) in [6.07, 6.45) is 2.02. The number of amidine groups is 1. The summed E-state index contributed by atoms with van der Waals surface area (Å²) in [6.45, 7) is 0. The molecule has 0 atom stereocenters. The quantitative estimate of drug-likeness (QED) is 0.533. The van der Waals surface area contributed by atoms with E-state index in [0.717, 1.165) is 10.9 Å². The predicted octanol–water partition coefficient (Wildman–Crippen LogP) is 1.51. The van der Waals surface area contributed by atoms with E-state index in [-0.39, 0.29) is 0 Å². The van der Waals surface area contributed by atoms with Gasteiger partial charge in [-0.25, -0.2) is 0 Å². The number of nitrogens with zero attached hydrogens (tertiary/aromatic N) is 2. The summed E-state index contributed by atoms with van der Waals surface area (Å²) < 4.78 is 2.07. The fourth-order valence-electron chi connectivity index (χ4n) is 1.65. The van der Waals surface area contributed by atoms with E-state index in [4.69, 9.17) is 5.73 Å². The van der Waals surface area contributed by atoms with E-state index in [0.29, 0.717) is 5.84 Å². The lowest BCUT2D eigenvalue weighted by molar-refractivity contribution is 0.969. The standard InChI is InChI=1S/C11H13N3/c1-13-11(12)9-4-3-5-10-8(9)6-7-14(10)2/h3-7H,1-2H3,(H2,12,13). The first-order valence-electron chi connectivity index (χ1n) is 4.50. The van der Waals surface area contributed by atoms with Crippen LogP contribution in [-0.2, 0) is 7.05 Å². The van der Waals surface area contributed by atoms with Crippen molar-refractivity contribution in [1.29, 1.82) is 0 Å². The first-order valence-corrected chi connectivity index (χ1v) is 4.50. The number of fused-ring (bicyclic) bond motifs is 1. The highest BCUT2D eigenvalue weighted by Crippen LogP contribution is 2.18. The molecule has 0 bridgehead atoms. The van der Waals surface area contributed by atoms with Crippen LogP contribution in [0.4, 0.5) is 0 Å². The third-order valence-corrected chi connectivity index (χ3v) is 2.44. The van der Waals surface area contributed by atoms with Gasteiger partial charge in [-0.15, -0.1) is 0 Å². The Balaban J connectivity index is 2.78. The zero-order valence-electron chi connectivity index (χ0n) is 8.36. The molecule has 0 aliphatic carbocycles. The molecule has 3 nitrogen and oxygen atoms in total. The highest BCUT2D eigenvalue weighted by Gasteiger charge is 2.05. The molecule has 0 unspecified atom stereocenters. The smallest absolute Gasteiger partial charge is 0.126 e. The van der Waals surface area contributed by atoms with Crippen molar-refractivity contribution >= 4 is 16.7 Å². The predicted molar refractivity (Wildman–Crippen MR) is 59.6 cm³/mol. The maximum Gasteiger partial charge on any atom is 0.126 e. The summed E-state index contributed by atoms with van der Waals surface area (Å²) in [5, 5.41) is 1.15. The second-order valence-corrected chi connectivity index (χ2v) is 3.27. The van der Waals surface area contributed by atoms with Gasteiger partial charge < -0.3 is 10.3 Å². The van der Waals surface area contributed by atoms with Crippen molar-refractivity contribution in [3.63, 3.8) is 0 Å². The maximum absolute atomic E-state index is 5.81. The summed E-state index contributed by atoms with van der Waals surface area (Å²) in [7, 11) is 3.72. The molecule has 0 radical (unpaired) electrons. The van der Waals surface area contributed by atoms with Gasteiger partial charge in [-0.05, 0) is 12.1 Å². The van der Waals surface area contributed by atoms with Gasteiger partial charge in [-0.3, -0.25) is 4.99 Å². The molecule has 3 heteroatoms. The molecule has 1 aromatic carbocycles. The molecule has 2 N–H and O–H groups in total. The second-order valence-electron chi connectivity index (χ2n) is 3.27. The van der Waals surface area contributed by atoms with Crippen LogP contribution in [0.2, 0.25) is 0 Å². The second kappa shape index (κ2) is 3.18. The monoisotopic (exact) mass is 187 g/mol. The van der Waals surface area contributed by atoms with Crippen LogP contribution in [0.25, 0.3) is 10.9 Å². The van der Waals surface area contributed by atoms with Crippen LogP contribution in [0.5, 0.6) is 0 Å². The fourth-order valence-corrected chi connectivity index (χ4v) is 1.65. The van der Waals surface area contributed by atoms with E-state index >= 15 is 0 Å². The molecular formula is C11H13N3. The summed E-state index contributed by atoms with van der Waals surface area (Å²) in [4.78, 5) is 4.00. The molecular weight excluding hydrogens is 174 g/mol. The Morgan fingerprint density at radius 1 is 1.36 bits per heavy atom. The normalized spacial score (nSPS) is 12.3. The first kappa shape index (κ1) is 8.81. The van der Waals surface area contributed by atoms with E-state index in [1.54, 1.807) is 7.05 Å². The number of aliphatic imine (C=N–C) groups is 1. The molecule has 1 aromatic heterocycles. The Morgan fingerprint density at radius 3 is 2.86 bits per heavy atom. The van der Waals surface area contributed by atoms with E-state index in [2.05, 4.69) is 21.7 Å². The maximum atomic E-state index is 5.81. The molecule has 2 rings (SSSR count). The molecule has 0 fully saturated rings. The van der Waals surface area contributed by atoms with Crippen molar-refractivity contribution in [3.05, 3.63) is 36.0 Å². The number of rotatable bonds is 1. The van der Waals surface area contributed by atoms with Gasteiger partial charge in [0.25, 0.3) is 0 Å². The van der Waals surface area contributed by atoms with Gasteiger partial charge in [-0.1, -0.05) is 12.1 Å². The molecule has 0 saturated carbocycles. The van der Waals surface area contributed by atoms with Gasteiger partial charge in [0.1, 0.15) is 5.84 Å². The number of benzene rings is 1. The van der Waals surface area contributed by atoms with Crippen LogP contribution >= 0.6 is 0 Å². The van der Waals surface area contributed by atoms with Gasteiger partial charge in [-0.2, -0.15) is 0 Å². The summed E-state index contributed by atoms with van der Waals surface area (Å²) in [6, 6.07) is 8.12. The lowest BCUT2D eigenvalue weighted by Crippen LogP contribution is -2.13. The number of aryl methyl sites for hydroxylation is 1. The van der Waals surface area contributed by atoms with Gasteiger partial charge in [0.2, 0.25) is 0 Å². The number of hydrogen-bond acceptors (Lipinski definition) is 1. The molecule has 14 heavy (non-hydrogen) atoms. The highest BCUT2D eigenvalue weighted by atomic mass is 14.9. The molecule has 0 spiro atoms. The Hall–Kier alpha value is -1.77. The number of aromatic nitrogens is 1. The van der Waals surface area contributed by atoms with Gasteiger partial charge >= 0.3 is 0 Å². The molecule has 0 saturated heterocycles. The van der Waals surface area contributed by atoms with Crippen molar-refractivity contribution in [2.45, 2.75) is 0 Å². The largest absolute Gasteiger partial charge is 0.383 e. The lowest BCUT2D eigenvalue weighted by Gasteiger charge is -2.02. The van der Waals surface area contributed by atoms with Gasteiger partial charge in [0.05, 0.1) is 0 Å². The fraction of sp³-hybridized carbons (Fsp3) is 0.182. The van der Waals surface area contributed by atoms with Crippen LogP contribution in [0.3, 0.4) is 0 Å². The third kappa shape index (κ3) is 1.18. The zero-order valence-corrected chi connectivity index (χ0v) is 8.36. The van der Waals surface area contributed by atoms with Crippen molar-refractivity contribution in [3.8, 4) is 0 Å². The molecule has 1 heterocycles. The summed E-state index contributed by atoms with van der Waals surface area (Å²) >= 11 is 0. The van der Waals surface area contributed by atoms with Gasteiger partial charge in [0.15, 0.2) is 0 Å². The average molecular weight is 187 g/mol. The molecule has 0 aliphatic rings. The van der Waals surface area contributed by atoms with E-state index < -0.39 is 0 Å². The SMILES string of the molecule is CN=C(N)c1cccc2c1ccn2C. The van der Waals surface area contributed by atoms with Gasteiger partial charge in [0, 0.05) is 36.8 Å². The van der Waals surface area contributed by atoms with Crippen LogP contribution in [0.1, 0.15) is 5.56 Å². The number of nitrogens with two attached hydrogens (primary N) is 1. The average Bonchev–Trinajstić information content (AvgIpc) is 2.59. The molecule has 0 aliphatic heterocycles.